The molecule has 1 saturated carbocycles. The van der Waals surface area contributed by atoms with E-state index in [-0.39, 0.29) is 0 Å². The molecule has 1 fully saturated rings. The van der Waals surface area contributed by atoms with Crippen molar-refractivity contribution in [3.8, 4) is 11.1 Å². The maximum Gasteiger partial charge on any atom is 0.0480 e. The maximum absolute atomic E-state index is 6.12. The zero-order valence-corrected chi connectivity index (χ0v) is 14.1. The highest BCUT2D eigenvalue weighted by molar-refractivity contribution is 6.30. The van der Waals surface area contributed by atoms with Crippen molar-refractivity contribution in [1.29, 1.82) is 0 Å². The van der Waals surface area contributed by atoms with E-state index >= 15 is 0 Å². The molecule has 0 unspecified atom stereocenters. The van der Waals surface area contributed by atoms with Gasteiger partial charge in [-0.2, -0.15) is 0 Å². The third-order valence-electron chi connectivity index (χ3n) is 5.11. The first-order chi connectivity index (χ1) is 11.3. The van der Waals surface area contributed by atoms with E-state index in [0.717, 1.165) is 10.9 Å². The van der Waals surface area contributed by atoms with Gasteiger partial charge in [-0.15, -0.1) is 0 Å². The quantitative estimate of drug-likeness (QED) is 0.515. The van der Waals surface area contributed by atoms with E-state index in [1.807, 2.05) is 18.2 Å². The van der Waals surface area contributed by atoms with E-state index in [2.05, 4.69) is 41.1 Å². The van der Waals surface area contributed by atoms with Gasteiger partial charge in [0.25, 0.3) is 0 Å². The minimum Gasteiger partial charge on any atom is -0.347 e. The van der Waals surface area contributed by atoms with Gasteiger partial charge in [-0.1, -0.05) is 49.1 Å². The molecular formula is C21H22ClN. The van der Waals surface area contributed by atoms with Crippen molar-refractivity contribution in [2.45, 2.75) is 38.6 Å². The van der Waals surface area contributed by atoms with Gasteiger partial charge in [-0.3, -0.25) is 0 Å². The summed E-state index contributed by atoms with van der Waals surface area (Å²) in [4.78, 5) is 0. The lowest BCUT2D eigenvalue weighted by atomic mass is 9.89. The molecule has 0 radical (unpaired) electrons. The first-order valence-corrected chi connectivity index (χ1v) is 9.02. The van der Waals surface area contributed by atoms with E-state index in [4.69, 9.17) is 11.6 Å². The summed E-state index contributed by atoms with van der Waals surface area (Å²) in [5.41, 5.74) is 3.76. The standard InChI is InChI=1S/C21H22ClN/c22-20-8-4-7-17(14-20)18-9-10-21-19(13-18)11-12-23(21)15-16-5-2-1-3-6-16/h4,7-14,16H,1-3,5-6,15H2. The van der Waals surface area contributed by atoms with Crippen LogP contribution >= 0.6 is 11.6 Å². The number of nitrogens with zero attached hydrogens (tertiary/aromatic N) is 1. The number of hydrogen-bond acceptors (Lipinski definition) is 0. The van der Waals surface area contributed by atoms with Gasteiger partial charge in [0.1, 0.15) is 0 Å². The number of halogens is 1. The van der Waals surface area contributed by atoms with Gasteiger partial charge < -0.3 is 4.57 Å². The monoisotopic (exact) mass is 323 g/mol. The second-order valence-electron chi connectivity index (χ2n) is 6.76. The van der Waals surface area contributed by atoms with E-state index < -0.39 is 0 Å². The van der Waals surface area contributed by atoms with Crippen LogP contribution in [0, 0.1) is 5.92 Å². The van der Waals surface area contributed by atoms with Gasteiger partial charge in [0.15, 0.2) is 0 Å². The van der Waals surface area contributed by atoms with Gasteiger partial charge in [0.05, 0.1) is 0 Å². The van der Waals surface area contributed by atoms with Crippen LogP contribution < -0.4 is 0 Å². The van der Waals surface area contributed by atoms with Crippen LogP contribution in [0.2, 0.25) is 5.02 Å². The molecular weight excluding hydrogens is 302 g/mol. The molecule has 1 aliphatic rings. The fraction of sp³-hybridized carbons (Fsp3) is 0.333. The Hall–Kier alpha value is -1.73. The SMILES string of the molecule is Clc1cccc(-c2ccc3c(ccn3CC3CCCCC3)c2)c1. The fourth-order valence-electron chi connectivity index (χ4n) is 3.85. The summed E-state index contributed by atoms with van der Waals surface area (Å²) in [6.45, 7) is 1.17. The third kappa shape index (κ3) is 3.16. The molecule has 0 bridgehead atoms. The van der Waals surface area contributed by atoms with Crippen LogP contribution in [0.3, 0.4) is 0 Å². The van der Waals surface area contributed by atoms with Crippen LogP contribution in [0.25, 0.3) is 22.0 Å². The fourth-order valence-corrected chi connectivity index (χ4v) is 4.05. The molecule has 0 amide bonds. The van der Waals surface area contributed by atoms with Crippen molar-refractivity contribution in [2.24, 2.45) is 5.92 Å². The normalized spacial score (nSPS) is 16.0. The Balaban J connectivity index is 1.63. The lowest BCUT2D eigenvalue weighted by Gasteiger charge is -2.22. The van der Waals surface area contributed by atoms with Gasteiger partial charge >= 0.3 is 0 Å². The van der Waals surface area contributed by atoms with Crippen LogP contribution in [-0.2, 0) is 6.54 Å². The molecule has 1 heterocycles. The Labute approximate surface area is 142 Å². The predicted molar refractivity (Wildman–Crippen MR) is 99.0 cm³/mol. The van der Waals surface area contributed by atoms with E-state index in [1.54, 1.807) is 0 Å². The number of hydrogen-bond donors (Lipinski definition) is 0. The van der Waals surface area contributed by atoms with Crippen molar-refractivity contribution >= 4 is 22.5 Å². The number of rotatable bonds is 3. The summed E-state index contributed by atoms with van der Waals surface area (Å²) in [7, 11) is 0. The van der Waals surface area contributed by atoms with Gasteiger partial charge in [-0.05, 0) is 60.2 Å². The molecule has 4 rings (SSSR count). The second kappa shape index (κ2) is 6.41. The molecule has 118 valence electrons. The highest BCUT2D eigenvalue weighted by Gasteiger charge is 2.14. The molecule has 2 heteroatoms. The summed E-state index contributed by atoms with van der Waals surface area (Å²) in [6, 6.07) is 17.1. The number of fused-ring (bicyclic) bond motifs is 1. The molecule has 0 saturated heterocycles. The van der Waals surface area contributed by atoms with Gasteiger partial charge in [0.2, 0.25) is 0 Å². The van der Waals surface area contributed by atoms with E-state index in [1.165, 1.54) is 60.7 Å². The lowest BCUT2D eigenvalue weighted by Crippen LogP contribution is -2.13. The van der Waals surface area contributed by atoms with Crippen molar-refractivity contribution in [2.75, 3.05) is 0 Å². The van der Waals surface area contributed by atoms with Crippen molar-refractivity contribution < 1.29 is 0 Å². The minimum absolute atomic E-state index is 0.789. The van der Waals surface area contributed by atoms with Crippen molar-refractivity contribution in [1.82, 2.24) is 4.57 Å². The molecule has 1 nitrogen and oxygen atoms in total. The molecule has 23 heavy (non-hydrogen) atoms. The first kappa shape index (κ1) is 14.8. The van der Waals surface area contributed by atoms with E-state index in [9.17, 15) is 0 Å². The Morgan fingerprint density at radius 2 is 1.74 bits per heavy atom. The predicted octanol–water partition coefficient (Wildman–Crippen LogP) is 6.54. The number of aromatic nitrogens is 1. The third-order valence-corrected chi connectivity index (χ3v) is 5.34. The maximum atomic E-state index is 6.12. The van der Waals surface area contributed by atoms with Gasteiger partial charge in [-0.25, -0.2) is 0 Å². The summed E-state index contributed by atoms with van der Waals surface area (Å²) < 4.78 is 2.44. The Kier molecular flexibility index (Phi) is 4.13. The largest absolute Gasteiger partial charge is 0.347 e. The second-order valence-corrected chi connectivity index (χ2v) is 7.19. The van der Waals surface area contributed by atoms with Crippen LogP contribution in [0.1, 0.15) is 32.1 Å². The van der Waals surface area contributed by atoms with Gasteiger partial charge in [0, 0.05) is 28.7 Å². The van der Waals surface area contributed by atoms with Crippen LogP contribution in [0.4, 0.5) is 0 Å². The molecule has 1 aliphatic carbocycles. The smallest absolute Gasteiger partial charge is 0.0480 e. The van der Waals surface area contributed by atoms with Crippen molar-refractivity contribution in [3.63, 3.8) is 0 Å². The van der Waals surface area contributed by atoms with Crippen LogP contribution in [0.15, 0.2) is 54.7 Å². The molecule has 1 aromatic heterocycles. The molecule has 3 aromatic rings. The molecule has 0 spiro atoms. The molecule has 2 aromatic carbocycles. The highest BCUT2D eigenvalue weighted by Crippen LogP contribution is 2.29. The Morgan fingerprint density at radius 3 is 2.57 bits per heavy atom. The molecule has 0 atom stereocenters. The zero-order chi connectivity index (χ0) is 15.6. The zero-order valence-electron chi connectivity index (χ0n) is 13.3. The average Bonchev–Trinajstić information content (AvgIpc) is 2.98. The molecule has 0 aliphatic heterocycles. The Bertz CT molecular complexity index is 812. The lowest BCUT2D eigenvalue weighted by molar-refractivity contribution is 0.322. The topological polar surface area (TPSA) is 4.93 Å². The average molecular weight is 324 g/mol. The van der Waals surface area contributed by atoms with Crippen LogP contribution in [-0.4, -0.2) is 4.57 Å². The molecule has 0 N–H and O–H groups in total. The summed E-state index contributed by atoms with van der Waals surface area (Å²) in [6.07, 6.45) is 9.26. The Morgan fingerprint density at radius 1 is 0.913 bits per heavy atom. The minimum atomic E-state index is 0.789. The van der Waals surface area contributed by atoms with E-state index in [0.29, 0.717) is 0 Å². The van der Waals surface area contributed by atoms with Crippen LogP contribution in [0.5, 0.6) is 0 Å². The first-order valence-electron chi connectivity index (χ1n) is 8.64. The summed E-state index contributed by atoms with van der Waals surface area (Å²) in [5, 5.41) is 2.11. The van der Waals surface area contributed by atoms with Crippen molar-refractivity contribution in [3.05, 3.63) is 59.8 Å². The summed E-state index contributed by atoms with van der Waals surface area (Å²) >= 11 is 6.12. The highest BCUT2D eigenvalue weighted by atomic mass is 35.5. The number of benzene rings is 2. The summed E-state index contributed by atoms with van der Waals surface area (Å²) in [5.74, 6) is 0.854.